The Morgan fingerprint density at radius 3 is 2.03 bits per heavy atom. The molecule has 3 aromatic carbocycles. The molecule has 4 aromatic rings. The second-order valence-corrected chi connectivity index (χ2v) is 9.47. The van der Waals surface area contributed by atoms with E-state index in [4.69, 9.17) is 9.47 Å². The van der Waals surface area contributed by atoms with Crippen LogP contribution < -0.4 is 5.32 Å². The summed E-state index contributed by atoms with van der Waals surface area (Å²) in [7, 11) is 0. The van der Waals surface area contributed by atoms with Gasteiger partial charge in [0, 0.05) is 24.4 Å². The van der Waals surface area contributed by atoms with Crippen LogP contribution in [0.1, 0.15) is 30.0 Å². The monoisotopic (exact) mass is 526 g/mol. The summed E-state index contributed by atoms with van der Waals surface area (Å²) >= 11 is 0. The summed E-state index contributed by atoms with van der Waals surface area (Å²) in [5, 5.41) is 13.6. The summed E-state index contributed by atoms with van der Waals surface area (Å²) in [5.74, 6) is -1.24. The molecule has 0 aliphatic carbocycles. The fourth-order valence-electron chi connectivity index (χ4n) is 4.48. The SMILES string of the molecule is C=C(C)C[C@](Cc1cn(C(=O)OCc2ccccc2)c2ccccc12)(NC(=O)OCc1ccccc1)C(=O)O. The van der Waals surface area contributed by atoms with Gasteiger partial charge in [0.25, 0.3) is 0 Å². The third-order valence-corrected chi connectivity index (χ3v) is 6.26. The zero-order chi connectivity index (χ0) is 27.8. The Balaban J connectivity index is 1.61. The minimum Gasteiger partial charge on any atom is -0.479 e. The molecule has 8 nitrogen and oxygen atoms in total. The number of benzene rings is 3. The van der Waals surface area contributed by atoms with E-state index in [9.17, 15) is 19.5 Å². The smallest absolute Gasteiger partial charge is 0.418 e. The number of alkyl carbamates (subject to hydrolysis) is 1. The van der Waals surface area contributed by atoms with Crippen LogP contribution in [-0.4, -0.2) is 33.4 Å². The fourth-order valence-corrected chi connectivity index (χ4v) is 4.48. The standard InChI is InChI=1S/C31H30N2O6/c1-22(2)17-31(28(34)35,32-29(36)38-20-23-11-5-3-6-12-23)18-25-19-33(27-16-10-9-15-26(25)27)30(37)39-21-24-13-7-4-8-14-24/h3-16,19H,1,17-18,20-21H2,2H3,(H,32,36)(H,34,35)/t31-/m1/s1. The van der Waals surface area contributed by atoms with E-state index < -0.39 is 23.7 Å². The molecule has 0 fully saturated rings. The van der Waals surface area contributed by atoms with E-state index in [0.29, 0.717) is 22.0 Å². The van der Waals surface area contributed by atoms with Crippen LogP contribution in [0, 0.1) is 0 Å². The van der Waals surface area contributed by atoms with Gasteiger partial charge >= 0.3 is 18.2 Å². The average Bonchev–Trinajstić information content (AvgIpc) is 3.29. The summed E-state index contributed by atoms with van der Waals surface area (Å²) in [6, 6.07) is 25.5. The lowest BCUT2D eigenvalue weighted by molar-refractivity contribution is -0.144. The lowest BCUT2D eigenvalue weighted by Gasteiger charge is -2.30. The highest BCUT2D eigenvalue weighted by Crippen LogP contribution is 2.29. The van der Waals surface area contributed by atoms with Crippen molar-refractivity contribution in [1.29, 1.82) is 0 Å². The number of carbonyl (C=O) groups excluding carboxylic acids is 2. The van der Waals surface area contributed by atoms with Crippen LogP contribution in [0.25, 0.3) is 10.9 Å². The third-order valence-electron chi connectivity index (χ3n) is 6.26. The van der Waals surface area contributed by atoms with Crippen LogP contribution in [0.3, 0.4) is 0 Å². The first-order chi connectivity index (χ1) is 18.8. The summed E-state index contributed by atoms with van der Waals surface area (Å²) < 4.78 is 12.2. The van der Waals surface area contributed by atoms with E-state index in [0.717, 1.165) is 11.1 Å². The number of rotatable bonds is 10. The second-order valence-electron chi connectivity index (χ2n) is 9.47. The Labute approximate surface area is 226 Å². The minimum atomic E-state index is -1.76. The molecular weight excluding hydrogens is 496 g/mol. The quantitative estimate of drug-likeness (QED) is 0.242. The lowest BCUT2D eigenvalue weighted by Crippen LogP contribution is -2.56. The number of aliphatic carboxylic acids is 1. The van der Waals surface area contributed by atoms with Crippen molar-refractivity contribution >= 4 is 29.1 Å². The van der Waals surface area contributed by atoms with Gasteiger partial charge in [-0.1, -0.05) is 84.4 Å². The molecule has 8 heteroatoms. The van der Waals surface area contributed by atoms with Gasteiger partial charge in [0.05, 0.1) is 5.52 Å². The summed E-state index contributed by atoms with van der Waals surface area (Å²) in [6.07, 6.45) is -0.0631. The van der Waals surface area contributed by atoms with Crippen molar-refractivity contribution in [1.82, 2.24) is 9.88 Å². The van der Waals surface area contributed by atoms with Crippen molar-refractivity contribution < 1.29 is 29.0 Å². The molecule has 39 heavy (non-hydrogen) atoms. The molecule has 1 amide bonds. The molecular formula is C31H30N2O6. The van der Waals surface area contributed by atoms with E-state index in [-0.39, 0.29) is 26.1 Å². The van der Waals surface area contributed by atoms with Gasteiger partial charge in [0.15, 0.2) is 0 Å². The topological polar surface area (TPSA) is 107 Å². The van der Waals surface area contributed by atoms with Crippen LogP contribution in [0.2, 0.25) is 0 Å². The van der Waals surface area contributed by atoms with Gasteiger partial charge in [-0.15, -0.1) is 6.58 Å². The van der Waals surface area contributed by atoms with Crippen molar-refractivity contribution in [2.75, 3.05) is 0 Å². The molecule has 0 saturated heterocycles. The number of nitrogens with zero attached hydrogens (tertiary/aromatic N) is 1. The predicted octanol–water partition coefficient (Wildman–Crippen LogP) is 6.08. The van der Waals surface area contributed by atoms with Gasteiger partial charge < -0.3 is 19.9 Å². The van der Waals surface area contributed by atoms with Gasteiger partial charge in [-0.2, -0.15) is 0 Å². The molecule has 0 spiro atoms. The van der Waals surface area contributed by atoms with Gasteiger partial charge in [0.1, 0.15) is 18.8 Å². The number of fused-ring (bicyclic) bond motifs is 1. The Hall–Kier alpha value is -4.85. The lowest BCUT2D eigenvalue weighted by atomic mass is 9.85. The molecule has 4 rings (SSSR count). The van der Waals surface area contributed by atoms with Crippen molar-refractivity contribution in [2.24, 2.45) is 0 Å². The maximum atomic E-state index is 13.0. The van der Waals surface area contributed by atoms with Gasteiger partial charge in [-0.3, -0.25) is 4.57 Å². The Bertz CT molecular complexity index is 1480. The molecule has 0 aliphatic rings. The van der Waals surface area contributed by atoms with Crippen molar-refractivity contribution in [3.05, 3.63) is 120 Å². The number of aromatic nitrogens is 1. The maximum Gasteiger partial charge on any atom is 0.418 e. The number of ether oxygens (including phenoxy) is 2. The van der Waals surface area contributed by atoms with Crippen LogP contribution in [0.5, 0.6) is 0 Å². The molecule has 0 bridgehead atoms. The normalized spacial score (nSPS) is 12.3. The van der Waals surface area contributed by atoms with E-state index in [1.807, 2.05) is 48.5 Å². The third kappa shape index (κ3) is 6.73. The zero-order valence-electron chi connectivity index (χ0n) is 21.6. The first-order valence-corrected chi connectivity index (χ1v) is 12.4. The van der Waals surface area contributed by atoms with Crippen LogP contribution in [0.4, 0.5) is 9.59 Å². The largest absolute Gasteiger partial charge is 0.479 e. The number of nitrogens with one attached hydrogen (secondary N) is 1. The average molecular weight is 527 g/mol. The highest BCUT2D eigenvalue weighted by Gasteiger charge is 2.41. The summed E-state index contributed by atoms with van der Waals surface area (Å²) in [6.45, 7) is 5.65. The van der Waals surface area contributed by atoms with Crippen molar-refractivity contribution in [3.8, 4) is 0 Å². The maximum absolute atomic E-state index is 13.0. The first kappa shape index (κ1) is 27.2. The molecule has 200 valence electrons. The number of hydrogen-bond acceptors (Lipinski definition) is 5. The van der Waals surface area contributed by atoms with Gasteiger partial charge in [0.2, 0.25) is 0 Å². The number of hydrogen-bond donors (Lipinski definition) is 2. The fraction of sp³-hybridized carbons (Fsp3) is 0.194. The van der Waals surface area contributed by atoms with Crippen LogP contribution in [-0.2, 0) is 33.9 Å². The number of carboxylic acids is 1. The molecule has 1 heterocycles. The van der Waals surface area contributed by atoms with E-state index in [2.05, 4.69) is 11.9 Å². The predicted molar refractivity (Wildman–Crippen MR) is 147 cm³/mol. The van der Waals surface area contributed by atoms with Crippen molar-refractivity contribution in [2.45, 2.75) is 38.5 Å². The molecule has 0 unspecified atom stereocenters. The summed E-state index contributed by atoms with van der Waals surface area (Å²) in [4.78, 5) is 38.5. The number of carbonyl (C=O) groups is 3. The molecule has 0 aliphatic heterocycles. The zero-order valence-corrected chi connectivity index (χ0v) is 21.6. The Morgan fingerprint density at radius 2 is 1.44 bits per heavy atom. The second kappa shape index (κ2) is 12.1. The van der Waals surface area contributed by atoms with Gasteiger partial charge in [-0.25, -0.2) is 14.4 Å². The molecule has 0 radical (unpaired) electrons. The minimum absolute atomic E-state index is 0.0119. The van der Waals surface area contributed by atoms with Crippen molar-refractivity contribution in [3.63, 3.8) is 0 Å². The highest BCUT2D eigenvalue weighted by atomic mass is 16.6. The Morgan fingerprint density at radius 1 is 0.872 bits per heavy atom. The van der Waals surface area contributed by atoms with Crippen LogP contribution >= 0.6 is 0 Å². The molecule has 2 N–H and O–H groups in total. The van der Waals surface area contributed by atoms with E-state index in [1.165, 1.54) is 4.57 Å². The van der Waals surface area contributed by atoms with E-state index >= 15 is 0 Å². The number of para-hydroxylation sites is 1. The summed E-state index contributed by atoms with van der Waals surface area (Å²) in [5.41, 5.74) is 1.52. The number of carboxylic acid groups (broad SMARTS) is 1. The van der Waals surface area contributed by atoms with Crippen LogP contribution in [0.15, 0.2) is 103 Å². The Kier molecular flexibility index (Phi) is 8.46. The van der Waals surface area contributed by atoms with E-state index in [1.54, 1.807) is 49.5 Å². The first-order valence-electron chi connectivity index (χ1n) is 12.4. The molecule has 0 saturated carbocycles. The number of amides is 1. The molecule has 1 atom stereocenters. The highest BCUT2D eigenvalue weighted by molar-refractivity contribution is 5.93. The molecule has 1 aromatic heterocycles. The van der Waals surface area contributed by atoms with Gasteiger partial charge in [-0.05, 0) is 29.7 Å².